The van der Waals surface area contributed by atoms with E-state index in [0.717, 1.165) is 61.1 Å². The lowest BCUT2D eigenvalue weighted by Gasteiger charge is -2.22. The fraction of sp³-hybridized carbons (Fsp3) is 0.480. The number of ether oxygens (including phenoxy) is 1. The van der Waals surface area contributed by atoms with E-state index in [2.05, 4.69) is 5.32 Å². The number of hydrogen-bond donors (Lipinski definition) is 2. The molecule has 1 amide bonds. The Bertz CT molecular complexity index is 1020. The normalized spacial score (nSPS) is 14.8. The van der Waals surface area contributed by atoms with E-state index in [0.29, 0.717) is 6.54 Å². The van der Waals surface area contributed by atoms with Crippen LogP contribution in [0.4, 0.5) is 0 Å². The number of rotatable bonds is 7. The Morgan fingerprint density at radius 2 is 1.75 bits per heavy atom. The Balaban J connectivity index is 2.05. The zero-order chi connectivity index (χ0) is 23.3. The zero-order valence-electron chi connectivity index (χ0n) is 19.0. The van der Waals surface area contributed by atoms with Gasteiger partial charge in [-0.15, -0.1) is 0 Å². The smallest absolute Gasteiger partial charge is 0.326 e. The highest BCUT2D eigenvalue weighted by molar-refractivity contribution is 5.96. The molecule has 7 nitrogen and oxygen atoms in total. The summed E-state index contributed by atoms with van der Waals surface area (Å²) < 4.78 is 6.92. The van der Waals surface area contributed by atoms with Crippen molar-refractivity contribution in [3.8, 4) is 5.75 Å². The van der Waals surface area contributed by atoms with Crippen molar-refractivity contribution in [1.29, 1.82) is 0 Å². The molecule has 0 unspecified atom stereocenters. The number of carbonyl (C=O) groups excluding carboxylic acids is 1. The summed E-state index contributed by atoms with van der Waals surface area (Å²) in [6.07, 6.45) is 5.81. The predicted molar refractivity (Wildman–Crippen MR) is 122 cm³/mol. The molecule has 1 atom stereocenters. The molecule has 1 aliphatic rings. The average Bonchev–Trinajstić information content (AvgIpc) is 2.74. The van der Waals surface area contributed by atoms with Gasteiger partial charge in [-0.3, -0.25) is 9.59 Å². The second-order valence-corrected chi connectivity index (χ2v) is 8.72. The van der Waals surface area contributed by atoms with Gasteiger partial charge in [-0.05, 0) is 60.9 Å². The highest BCUT2D eigenvalue weighted by atomic mass is 16.5. The molecule has 1 aliphatic carbocycles. The van der Waals surface area contributed by atoms with Crippen LogP contribution in [0.2, 0.25) is 0 Å². The van der Waals surface area contributed by atoms with Crippen LogP contribution in [0.3, 0.4) is 0 Å². The average molecular weight is 441 g/mol. The number of aromatic nitrogens is 1. The highest BCUT2D eigenvalue weighted by Gasteiger charge is 2.27. The van der Waals surface area contributed by atoms with Crippen molar-refractivity contribution < 1.29 is 19.4 Å². The molecule has 0 aliphatic heterocycles. The fourth-order valence-electron chi connectivity index (χ4n) is 4.21. The molecule has 0 radical (unpaired) electrons. The Hall–Kier alpha value is -3.09. The van der Waals surface area contributed by atoms with Crippen molar-refractivity contribution in [3.05, 3.63) is 63.1 Å². The van der Waals surface area contributed by atoms with Crippen LogP contribution in [0.5, 0.6) is 5.75 Å². The van der Waals surface area contributed by atoms with Gasteiger partial charge in [0, 0.05) is 5.69 Å². The number of pyridine rings is 1. The number of amides is 1. The third-order valence-corrected chi connectivity index (χ3v) is 6.06. The minimum absolute atomic E-state index is 0.00438. The van der Waals surface area contributed by atoms with E-state index >= 15 is 0 Å². The largest absolute Gasteiger partial charge is 0.497 e. The van der Waals surface area contributed by atoms with Gasteiger partial charge in [0.2, 0.25) is 0 Å². The number of carbonyl (C=O) groups is 2. The molecule has 0 fully saturated rings. The maximum absolute atomic E-state index is 13.5. The standard InChI is InChI=1S/C25H32N2O5/c1-16(2)22(25(30)31)26-23(28)20-14-18-8-6-4-5-7-9-21(18)27(24(20)29)15-17-10-12-19(32-3)13-11-17/h10-14,16,22H,4-9,15H2,1-3H3,(H,26,28)(H,30,31)/t22-/m0/s1. The first-order chi connectivity index (χ1) is 15.3. The highest BCUT2D eigenvalue weighted by Crippen LogP contribution is 2.22. The van der Waals surface area contributed by atoms with Crippen LogP contribution in [0.1, 0.15) is 66.7 Å². The topological polar surface area (TPSA) is 97.6 Å². The molecule has 0 saturated carbocycles. The van der Waals surface area contributed by atoms with Crippen molar-refractivity contribution in [1.82, 2.24) is 9.88 Å². The van der Waals surface area contributed by atoms with Crippen LogP contribution < -0.4 is 15.6 Å². The van der Waals surface area contributed by atoms with E-state index in [1.165, 1.54) is 0 Å². The molecule has 2 aromatic rings. The van der Waals surface area contributed by atoms with Crippen molar-refractivity contribution in [3.63, 3.8) is 0 Å². The molecular weight excluding hydrogens is 408 g/mol. The summed E-state index contributed by atoms with van der Waals surface area (Å²) in [6, 6.07) is 8.14. The van der Waals surface area contributed by atoms with E-state index in [4.69, 9.17) is 4.74 Å². The second-order valence-electron chi connectivity index (χ2n) is 8.72. The molecule has 2 N–H and O–H groups in total. The summed E-state index contributed by atoms with van der Waals surface area (Å²) in [5.41, 5.74) is 2.52. The summed E-state index contributed by atoms with van der Waals surface area (Å²) in [5, 5.41) is 12.0. The molecule has 32 heavy (non-hydrogen) atoms. The molecule has 7 heteroatoms. The number of carboxylic acid groups (broad SMARTS) is 1. The molecular formula is C25H32N2O5. The van der Waals surface area contributed by atoms with E-state index in [1.54, 1.807) is 31.6 Å². The van der Waals surface area contributed by atoms with Crippen molar-refractivity contribution in [2.24, 2.45) is 5.92 Å². The molecule has 0 saturated heterocycles. The van der Waals surface area contributed by atoms with Crippen LogP contribution in [0.25, 0.3) is 0 Å². The molecule has 1 aromatic heterocycles. The molecule has 1 aromatic carbocycles. The molecule has 3 rings (SSSR count). The predicted octanol–water partition coefficient (Wildman–Crippen LogP) is 3.40. The van der Waals surface area contributed by atoms with Gasteiger partial charge in [-0.1, -0.05) is 38.8 Å². The first-order valence-electron chi connectivity index (χ1n) is 11.2. The zero-order valence-corrected chi connectivity index (χ0v) is 19.0. The minimum Gasteiger partial charge on any atom is -0.497 e. The lowest BCUT2D eigenvalue weighted by atomic mass is 9.95. The number of hydrogen-bond acceptors (Lipinski definition) is 4. The van der Waals surface area contributed by atoms with Crippen LogP contribution in [-0.2, 0) is 24.2 Å². The number of nitrogens with zero attached hydrogens (tertiary/aromatic N) is 1. The van der Waals surface area contributed by atoms with Crippen LogP contribution in [-0.4, -0.2) is 34.7 Å². The molecule has 0 spiro atoms. The van der Waals surface area contributed by atoms with E-state index < -0.39 is 17.9 Å². The number of aliphatic carboxylic acids is 1. The first-order valence-corrected chi connectivity index (χ1v) is 11.2. The van der Waals surface area contributed by atoms with Gasteiger partial charge in [0.1, 0.15) is 17.4 Å². The maximum Gasteiger partial charge on any atom is 0.326 e. The Kier molecular flexibility index (Phi) is 7.72. The van der Waals surface area contributed by atoms with Gasteiger partial charge in [0.25, 0.3) is 11.5 Å². The third kappa shape index (κ3) is 5.39. The second kappa shape index (κ2) is 10.5. The Morgan fingerprint density at radius 1 is 1.09 bits per heavy atom. The number of aryl methyl sites for hydroxylation is 1. The van der Waals surface area contributed by atoms with Crippen LogP contribution >= 0.6 is 0 Å². The van der Waals surface area contributed by atoms with Crippen molar-refractivity contribution in [2.45, 2.75) is 65.0 Å². The van der Waals surface area contributed by atoms with Crippen molar-refractivity contribution in [2.75, 3.05) is 7.11 Å². The number of carboxylic acids is 1. The summed E-state index contributed by atoms with van der Waals surface area (Å²) in [7, 11) is 1.60. The van der Waals surface area contributed by atoms with E-state index in [-0.39, 0.29) is 17.0 Å². The van der Waals surface area contributed by atoms with Crippen molar-refractivity contribution >= 4 is 11.9 Å². The van der Waals surface area contributed by atoms with Crippen LogP contribution in [0.15, 0.2) is 35.1 Å². The summed E-state index contributed by atoms with van der Waals surface area (Å²) in [6.45, 7) is 3.79. The van der Waals surface area contributed by atoms with Gasteiger partial charge >= 0.3 is 5.97 Å². The monoisotopic (exact) mass is 440 g/mol. The minimum atomic E-state index is -1.11. The van der Waals surface area contributed by atoms with Gasteiger partial charge in [-0.25, -0.2) is 4.79 Å². The number of benzene rings is 1. The van der Waals surface area contributed by atoms with Gasteiger partial charge in [0.05, 0.1) is 13.7 Å². The molecule has 172 valence electrons. The summed E-state index contributed by atoms with van der Waals surface area (Å²) >= 11 is 0. The molecule has 0 bridgehead atoms. The quantitative estimate of drug-likeness (QED) is 0.688. The molecule has 1 heterocycles. The van der Waals surface area contributed by atoms with E-state index in [1.807, 2.05) is 24.3 Å². The Morgan fingerprint density at radius 3 is 2.34 bits per heavy atom. The Labute approximate surface area is 188 Å². The number of methoxy groups -OCH3 is 1. The lowest BCUT2D eigenvalue weighted by Crippen LogP contribution is -2.46. The SMILES string of the molecule is COc1ccc(Cn2c3c(cc(C(=O)N[C@H](C(=O)O)C(C)C)c2=O)CCCCCC3)cc1. The lowest BCUT2D eigenvalue weighted by molar-refractivity contribution is -0.140. The summed E-state index contributed by atoms with van der Waals surface area (Å²) in [4.78, 5) is 38.0. The van der Waals surface area contributed by atoms with Crippen LogP contribution in [0, 0.1) is 5.92 Å². The number of nitrogens with one attached hydrogen (secondary N) is 1. The van der Waals surface area contributed by atoms with E-state index in [9.17, 15) is 19.5 Å². The van der Waals surface area contributed by atoms with Gasteiger partial charge in [0.15, 0.2) is 0 Å². The van der Waals surface area contributed by atoms with Gasteiger partial charge in [-0.2, -0.15) is 0 Å². The first kappa shape index (κ1) is 23.6. The fourth-order valence-corrected chi connectivity index (χ4v) is 4.21. The maximum atomic E-state index is 13.5. The van der Waals surface area contributed by atoms with Gasteiger partial charge < -0.3 is 19.7 Å². The summed E-state index contributed by atoms with van der Waals surface area (Å²) in [5.74, 6) is -1.32. The number of fused-ring (bicyclic) bond motifs is 1. The third-order valence-electron chi connectivity index (χ3n) is 6.06.